The summed E-state index contributed by atoms with van der Waals surface area (Å²) >= 11 is 0. The molecule has 0 aromatic carbocycles. The number of rotatable bonds is 4. The number of nitrogens with zero attached hydrogens (tertiary/aromatic N) is 2. The molecule has 3 N–H and O–H groups in total. The minimum Gasteiger partial charge on any atom is -0.355 e. The number of halogens is 1. The van der Waals surface area contributed by atoms with E-state index < -0.39 is 0 Å². The zero-order valence-corrected chi connectivity index (χ0v) is 13.1. The Kier molecular flexibility index (Phi) is 6.71. The number of likely N-dealkylation sites (tertiary alicyclic amines) is 1. The minimum atomic E-state index is -0.125. The van der Waals surface area contributed by atoms with Crippen LogP contribution in [0.1, 0.15) is 23.3 Å². The minimum absolute atomic E-state index is 0. The second kappa shape index (κ2) is 8.05. The number of nitrogens with two attached hydrogens (primary N) is 1. The average molecular weight is 315 g/mol. The number of carbonyl (C=O) groups is 2. The van der Waals surface area contributed by atoms with Gasteiger partial charge in [0.25, 0.3) is 5.91 Å². The lowest BCUT2D eigenvalue weighted by molar-refractivity contribution is -0.126. The predicted octanol–water partition coefficient (Wildman–Crippen LogP) is 0.374. The lowest BCUT2D eigenvalue weighted by Crippen LogP contribution is -2.46. The molecule has 1 aromatic rings. The Hall–Kier alpha value is -1.53. The summed E-state index contributed by atoms with van der Waals surface area (Å²) in [4.78, 5) is 26.2. The van der Waals surface area contributed by atoms with Crippen LogP contribution in [0, 0.1) is 5.92 Å². The summed E-state index contributed by atoms with van der Waals surface area (Å²) in [6, 6.07) is 3.66. The number of piperidine rings is 1. The van der Waals surface area contributed by atoms with Crippen LogP contribution in [0.4, 0.5) is 0 Å². The molecular formula is C14H23ClN4O2. The van der Waals surface area contributed by atoms with Gasteiger partial charge in [-0.15, -0.1) is 12.4 Å². The highest BCUT2D eigenvalue weighted by atomic mass is 35.5. The number of hydrogen-bond acceptors (Lipinski definition) is 3. The SMILES string of the molecule is Cl.Cn1cccc1C(=O)N1CCCC(C(=O)NCCN)C1. The maximum absolute atomic E-state index is 12.4. The van der Waals surface area contributed by atoms with E-state index in [1.807, 2.05) is 19.3 Å². The number of amides is 2. The molecule has 118 valence electrons. The first kappa shape index (κ1) is 17.5. The molecule has 1 aliphatic heterocycles. The first-order chi connectivity index (χ1) is 9.63. The molecule has 2 amide bonds. The molecule has 2 rings (SSSR count). The summed E-state index contributed by atoms with van der Waals surface area (Å²) in [6.45, 7) is 2.12. The van der Waals surface area contributed by atoms with Crippen molar-refractivity contribution in [1.29, 1.82) is 0 Å². The van der Waals surface area contributed by atoms with Gasteiger partial charge in [0.15, 0.2) is 0 Å². The molecular weight excluding hydrogens is 292 g/mol. The van der Waals surface area contributed by atoms with E-state index >= 15 is 0 Å². The van der Waals surface area contributed by atoms with Crippen LogP contribution in [0.5, 0.6) is 0 Å². The number of aromatic nitrogens is 1. The van der Waals surface area contributed by atoms with Crippen LogP contribution in [0.3, 0.4) is 0 Å². The maximum atomic E-state index is 12.4. The summed E-state index contributed by atoms with van der Waals surface area (Å²) in [7, 11) is 1.85. The highest BCUT2D eigenvalue weighted by Gasteiger charge is 2.29. The number of hydrogen-bond donors (Lipinski definition) is 2. The molecule has 21 heavy (non-hydrogen) atoms. The van der Waals surface area contributed by atoms with Crippen molar-refractivity contribution in [2.24, 2.45) is 18.7 Å². The fraction of sp³-hybridized carbons (Fsp3) is 0.571. The molecule has 1 saturated heterocycles. The van der Waals surface area contributed by atoms with Gasteiger partial charge in [-0.1, -0.05) is 0 Å². The van der Waals surface area contributed by atoms with Gasteiger partial charge >= 0.3 is 0 Å². The summed E-state index contributed by atoms with van der Waals surface area (Å²) in [5.41, 5.74) is 6.04. The van der Waals surface area contributed by atoms with Crippen LogP contribution in [-0.2, 0) is 11.8 Å². The first-order valence-electron chi connectivity index (χ1n) is 7.02. The molecule has 7 heteroatoms. The zero-order valence-electron chi connectivity index (χ0n) is 12.2. The van der Waals surface area contributed by atoms with Gasteiger partial charge in [-0.2, -0.15) is 0 Å². The third-order valence-electron chi connectivity index (χ3n) is 3.69. The van der Waals surface area contributed by atoms with E-state index in [0.717, 1.165) is 12.8 Å². The van der Waals surface area contributed by atoms with E-state index in [0.29, 0.717) is 31.9 Å². The second-order valence-corrected chi connectivity index (χ2v) is 5.17. The van der Waals surface area contributed by atoms with Crippen molar-refractivity contribution in [3.05, 3.63) is 24.0 Å². The molecule has 6 nitrogen and oxygen atoms in total. The summed E-state index contributed by atoms with van der Waals surface area (Å²) in [6.07, 6.45) is 3.53. The number of carbonyl (C=O) groups excluding carboxylic acids is 2. The van der Waals surface area contributed by atoms with Crippen molar-refractivity contribution in [3.63, 3.8) is 0 Å². The van der Waals surface area contributed by atoms with Gasteiger partial charge in [0.2, 0.25) is 5.91 Å². The van der Waals surface area contributed by atoms with E-state index in [1.165, 1.54) is 0 Å². The van der Waals surface area contributed by atoms with E-state index in [2.05, 4.69) is 5.32 Å². The molecule has 0 spiro atoms. The van der Waals surface area contributed by atoms with Crippen molar-refractivity contribution >= 4 is 24.2 Å². The Morgan fingerprint density at radius 1 is 1.48 bits per heavy atom. The smallest absolute Gasteiger partial charge is 0.270 e. The maximum Gasteiger partial charge on any atom is 0.270 e. The quantitative estimate of drug-likeness (QED) is 0.843. The summed E-state index contributed by atoms with van der Waals surface area (Å²) in [5.74, 6) is -0.131. The van der Waals surface area contributed by atoms with Gasteiger partial charge < -0.3 is 20.5 Å². The Balaban J connectivity index is 0.00000220. The average Bonchev–Trinajstić information content (AvgIpc) is 2.90. The Bertz CT molecular complexity index is 489. The molecule has 1 aliphatic rings. The highest BCUT2D eigenvalue weighted by Crippen LogP contribution is 2.18. The largest absolute Gasteiger partial charge is 0.355 e. The van der Waals surface area contributed by atoms with E-state index in [9.17, 15) is 9.59 Å². The topological polar surface area (TPSA) is 80.4 Å². The van der Waals surface area contributed by atoms with Gasteiger partial charge in [0.1, 0.15) is 5.69 Å². The zero-order chi connectivity index (χ0) is 14.5. The van der Waals surface area contributed by atoms with Crippen LogP contribution >= 0.6 is 12.4 Å². The van der Waals surface area contributed by atoms with E-state index in [1.54, 1.807) is 15.5 Å². The van der Waals surface area contributed by atoms with Crippen molar-refractivity contribution in [3.8, 4) is 0 Å². The standard InChI is InChI=1S/C14H22N4O2.ClH/c1-17-8-3-5-12(17)14(20)18-9-2-4-11(10-18)13(19)16-7-6-15;/h3,5,8,11H,2,4,6-7,9-10,15H2,1H3,(H,16,19);1H. The fourth-order valence-corrected chi connectivity index (χ4v) is 2.56. The molecule has 1 unspecified atom stereocenters. The van der Waals surface area contributed by atoms with Gasteiger partial charge in [-0.3, -0.25) is 9.59 Å². The van der Waals surface area contributed by atoms with Crippen molar-refractivity contribution in [1.82, 2.24) is 14.8 Å². The lowest BCUT2D eigenvalue weighted by atomic mass is 9.97. The van der Waals surface area contributed by atoms with Crippen LogP contribution in [0.15, 0.2) is 18.3 Å². The van der Waals surface area contributed by atoms with Crippen molar-refractivity contribution in [2.75, 3.05) is 26.2 Å². The molecule has 0 aliphatic carbocycles. The molecule has 1 fully saturated rings. The Morgan fingerprint density at radius 2 is 2.24 bits per heavy atom. The van der Waals surface area contributed by atoms with Crippen LogP contribution in [0.2, 0.25) is 0 Å². The third kappa shape index (κ3) is 4.22. The molecule has 1 atom stereocenters. The molecule has 0 radical (unpaired) electrons. The van der Waals surface area contributed by atoms with Crippen LogP contribution < -0.4 is 11.1 Å². The van der Waals surface area contributed by atoms with Gasteiger partial charge in [-0.25, -0.2) is 0 Å². The predicted molar refractivity (Wildman–Crippen MR) is 83.4 cm³/mol. The van der Waals surface area contributed by atoms with Crippen molar-refractivity contribution < 1.29 is 9.59 Å². The number of aryl methyl sites for hydroxylation is 1. The monoisotopic (exact) mass is 314 g/mol. The third-order valence-corrected chi connectivity index (χ3v) is 3.69. The summed E-state index contributed by atoms with van der Waals surface area (Å²) < 4.78 is 1.81. The molecule has 0 saturated carbocycles. The molecule has 0 bridgehead atoms. The van der Waals surface area contributed by atoms with E-state index in [4.69, 9.17) is 5.73 Å². The van der Waals surface area contributed by atoms with Gasteiger partial charge in [-0.05, 0) is 25.0 Å². The first-order valence-corrected chi connectivity index (χ1v) is 7.02. The lowest BCUT2D eigenvalue weighted by Gasteiger charge is -2.32. The van der Waals surface area contributed by atoms with Crippen LogP contribution in [0.25, 0.3) is 0 Å². The van der Waals surface area contributed by atoms with Crippen LogP contribution in [-0.4, -0.2) is 47.5 Å². The molecule has 1 aromatic heterocycles. The normalized spacial score (nSPS) is 18.0. The second-order valence-electron chi connectivity index (χ2n) is 5.17. The molecule has 2 heterocycles. The number of nitrogens with one attached hydrogen (secondary N) is 1. The Morgan fingerprint density at radius 3 is 2.86 bits per heavy atom. The summed E-state index contributed by atoms with van der Waals surface area (Å²) in [5, 5.41) is 2.80. The van der Waals surface area contributed by atoms with E-state index in [-0.39, 0.29) is 30.1 Å². The van der Waals surface area contributed by atoms with Gasteiger partial charge in [0.05, 0.1) is 5.92 Å². The van der Waals surface area contributed by atoms with Gasteiger partial charge in [0, 0.05) is 39.4 Å². The highest BCUT2D eigenvalue weighted by molar-refractivity contribution is 5.93. The van der Waals surface area contributed by atoms with Crippen molar-refractivity contribution in [2.45, 2.75) is 12.8 Å². The Labute approximate surface area is 131 Å². The fourth-order valence-electron chi connectivity index (χ4n) is 2.56.